The third kappa shape index (κ3) is 7.94. The zero-order chi connectivity index (χ0) is 26.8. The predicted molar refractivity (Wildman–Crippen MR) is 142 cm³/mol. The lowest BCUT2D eigenvalue weighted by Crippen LogP contribution is -2.67. The third-order valence-corrected chi connectivity index (χ3v) is 6.74. The molecule has 1 unspecified atom stereocenters. The van der Waals surface area contributed by atoms with Crippen molar-refractivity contribution in [3.05, 3.63) is 60.2 Å². The number of carbonyl (C=O) groups excluding carboxylic acids is 4. The number of hydrogen-bond donors (Lipinski definition) is 0. The van der Waals surface area contributed by atoms with Crippen LogP contribution in [0.15, 0.2) is 49.1 Å². The van der Waals surface area contributed by atoms with Crippen molar-refractivity contribution < 1.29 is 28.7 Å². The van der Waals surface area contributed by atoms with Crippen LogP contribution in [-0.4, -0.2) is 63.8 Å². The summed E-state index contributed by atoms with van der Waals surface area (Å²) in [5.74, 6) is -2.74. The second-order valence-corrected chi connectivity index (χ2v) is 9.81. The normalized spacial score (nSPS) is 16.6. The number of amides is 1. The summed E-state index contributed by atoms with van der Waals surface area (Å²) in [5, 5.41) is 0. The van der Waals surface area contributed by atoms with Crippen molar-refractivity contribution in [2.75, 3.05) is 13.2 Å². The predicted octanol–water partition coefficient (Wildman–Crippen LogP) is 3.74. The number of carbonyl (C=O) groups is 4. The lowest BCUT2D eigenvalue weighted by molar-refractivity contribution is -0.179. The minimum Gasteiger partial charge on any atom is -0.464 e. The Bertz CT molecular complexity index is 1010. The molecule has 3 rings (SSSR count). The Kier molecular flexibility index (Phi) is 11.6. The molecule has 9 heteroatoms. The number of likely N-dealkylation sites (tertiary alicyclic amines) is 1. The maximum absolute atomic E-state index is 13.1. The number of aromatic nitrogens is 2. The largest absolute Gasteiger partial charge is 0.464 e. The van der Waals surface area contributed by atoms with Crippen LogP contribution in [0.5, 0.6) is 0 Å². The molecular formula is C29H39N3O6. The van der Waals surface area contributed by atoms with Gasteiger partial charge in [-0.05, 0) is 55.4 Å². The van der Waals surface area contributed by atoms with Crippen LogP contribution in [0.25, 0.3) is 0 Å². The highest BCUT2D eigenvalue weighted by Gasteiger charge is 2.53. The van der Waals surface area contributed by atoms with Gasteiger partial charge in [-0.1, -0.05) is 40.3 Å². The van der Waals surface area contributed by atoms with E-state index in [2.05, 4.69) is 9.97 Å². The Morgan fingerprint density at radius 2 is 1.37 bits per heavy atom. The first-order valence-corrected chi connectivity index (χ1v) is 12.7. The number of ketones is 1. The van der Waals surface area contributed by atoms with E-state index in [4.69, 9.17) is 9.47 Å². The molecule has 1 saturated heterocycles. The number of hydrogen-bond acceptors (Lipinski definition) is 8. The van der Waals surface area contributed by atoms with Crippen LogP contribution >= 0.6 is 0 Å². The molecule has 9 nitrogen and oxygen atoms in total. The monoisotopic (exact) mass is 525 g/mol. The van der Waals surface area contributed by atoms with E-state index in [1.807, 2.05) is 31.2 Å². The minimum atomic E-state index is -0.990. The number of aryl methyl sites for hydroxylation is 2. The van der Waals surface area contributed by atoms with Crippen molar-refractivity contribution in [2.45, 2.75) is 78.8 Å². The van der Waals surface area contributed by atoms with Crippen molar-refractivity contribution in [2.24, 2.45) is 5.41 Å². The first-order chi connectivity index (χ1) is 17.7. The van der Waals surface area contributed by atoms with Crippen LogP contribution in [0.2, 0.25) is 0 Å². The van der Waals surface area contributed by atoms with Crippen LogP contribution in [0.1, 0.15) is 65.0 Å². The zero-order valence-corrected chi connectivity index (χ0v) is 21.7. The zero-order valence-electron chi connectivity index (χ0n) is 21.7. The highest BCUT2D eigenvalue weighted by molar-refractivity contribution is 6.38. The number of pyridine rings is 2. The Morgan fingerprint density at radius 1 is 0.895 bits per heavy atom. The molecule has 3 heterocycles. The molecule has 2 aromatic rings. The molecule has 0 aromatic carbocycles. The number of rotatable bonds is 13. The molecule has 0 radical (unpaired) electrons. The molecule has 0 N–H and O–H groups in total. The van der Waals surface area contributed by atoms with Crippen molar-refractivity contribution in [1.29, 1.82) is 0 Å². The fraction of sp³-hybridized carbons (Fsp3) is 0.517. The van der Waals surface area contributed by atoms with E-state index in [1.54, 1.807) is 38.6 Å². The van der Waals surface area contributed by atoms with E-state index in [0.29, 0.717) is 32.1 Å². The summed E-state index contributed by atoms with van der Waals surface area (Å²) in [4.78, 5) is 60.8. The standard InChI is InChI=1S/C28H35N3O6.CH4/c1-4-28(2,3)24(32)25(33)31-22(26(34)36-15-7-11-20-9-5-13-29-18-20)17-23(31)27(35)37-16-8-12-21-10-6-14-30-19-21;/h5-6,9-10,13-14,18-19,22-23H,4,7-8,11-12,15-17H2,1-3H3;1H4/t22-,23?;/m0./s1. The molecule has 0 aliphatic carbocycles. The molecule has 1 amide bonds. The first kappa shape index (κ1) is 30.6. The van der Waals surface area contributed by atoms with E-state index >= 15 is 0 Å². The van der Waals surface area contributed by atoms with Gasteiger partial charge in [-0.2, -0.15) is 0 Å². The van der Waals surface area contributed by atoms with Gasteiger partial charge in [-0.15, -0.1) is 0 Å². The summed E-state index contributed by atoms with van der Waals surface area (Å²) in [6.45, 7) is 5.46. The van der Waals surface area contributed by atoms with Gasteiger partial charge >= 0.3 is 11.9 Å². The molecule has 38 heavy (non-hydrogen) atoms. The summed E-state index contributed by atoms with van der Waals surface area (Å²) in [6, 6.07) is 5.58. The van der Waals surface area contributed by atoms with E-state index in [1.165, 1.54) is 0 Å². The second kappa shape index (κ2) is 14.4. The van der Waals surface area contributed by atoms with Gasteiger partial charge in [-0.25, -0.2) is 9.59 Å². The molecule has 0 spiro atoms. The lowest BCUT2D eigenvalue weighted by atomic mass is 9.82. The average Bonchev–Trinajstić information content (AvgIpc) is 2.89. The summed E-state index contributed by atoms with van der Waals surface area (Å²) in [5.41, 5.74) is 1.14. The quantitative estimate of drug-likeness (QED) is 0.221. The SMILES string of the molecule is C.CCC(C)(C)C(=O)C(=O)N1C(C(=O)OCCCc2cccnc2)C[C@H]1C(=O)OCCCc1cccnc1. The number of Topliss-reactive ketones (excluding diaryl/α,β-unsaturated/α-hetero) is 1. The second-order valence-electron chi connectivity index (χ2n) is 9.81. The Hall–Kier alpha value is -3.62. The Balaban J connectivity index is 0.00000507. The fourth-order valence-corrected chi connectivity index (χ4v) is 3.97. The van der Waals surface area contributed by atoms with Gasteiger partial charge in [0, 0.05) is 36.6 Å². The molecule has 1 aliphatic heterocycles. The van der Waals surface area contributed by atoms with Gasteiger partial charge in [0.25, 0.3) is 5.91 Å². The summed E-state index contributed by atoms with van der Waals surface area (Å²) < 4.78 is 10.8. The molecule has 0 saturated carbocycles. The maximum atomic E-state index is 13.1. The summed E-state index contributed by atoms with van der Waals surface area (Å²) >= 11 is 0. The van der Waals surface area contributed by atoms with Gasteiger partial charge in [0.15, 0.2) is 0 Å². The van der Waals surface area contributed by atoms with Crippen LogP contribution < -0.4 is 0 Å². The summed E-state index contributed by atoms with van der Waals surface area (Å²) in [7, 11) is 0. The third-order valence-electron chi connectivity index (χ3n) is 6.74. The van der Waals surface area contributed by atoms with E-state index < -0.39 is 41.1 Å². The Morgan fingerprint density at radius 3 is 1.76 bits per heavy atom. The number of ether oxygens (including phenoxy) is 2. The molecule has 2 atom stereocenters. The molecule has 206 valence electrons. The van der Waals surface area contributed by atoms with Crippen molar-refractivity contribution in [3.8, 4) is 0 Å². The van der Waals surface area contributed by atoms with Crippen molar-refractivity contribution in [1.82, 2.24) is 14.9 Å². The smallest absolute Gasteiger partial charge is 0.328 e. The fourth-order valence-electron chi connectivity index (χ4n) is 3.97. The highest BCUT2D eigenvalue weighted by Crippen LogP contribution is 2.32. The van der Waals surface area contributed by atoms with E-state index in [0.717, 1.165) is 16.0 Å². The van der Waals surface area contributed by atoms with Gasteiger partial charge < -0.3 is 14.4 Å². The summed E-state index contributed by atoms with van der Waals surface area (Å²) in [6.07, 6.45) is 9.93. The first-order valence-electron chi connectivity index (χ1n) is 12.7. The van der Waals surface area contributed by atoms with Crippen LogP contribution in [-0.2, 0) is 41.5 Å². The van der Waals surface area contributed by atoms with Crippen LogP contribution in [0.3, 0.4) is 0 Å². The topological polar surface area (TPSA) is 116 Å². The van der Waals surface area contributed by atoms with Crippen LogP contribution in [0.4, 0.5) is 0 Å². The van der Waals surface area contributed by atoms with Crippen molar-refractivity contribution >= 4 is 23.6 Å². The molecule has 1 fully saturated rings. The van der Waals surface area contributed by atoms with E-state index in [9.17, 15) is 19.2 Å². The minimum absolute atomic E-state index is 0. The molecule has 2 aromatic heterocycles. The highest BCUT2D eigenvalue weighted by atomic mass is 16.5. The number of esters is 2. The van der Waals surface area contributed by atoms with Gasteiger partial charge in [0.05, 0.1) is 13.2 Å². The average molecular weight is 526 g/mol. The lowest BCUT2D eigenvalue weighted by Gasteiger charge is -2.45. The van der Waals surface area contributed by atoms with E-state index in [-0.39, 0.29) is 27.1 Å². The number of nitrogens with zero attached hydrogens (tertiary/aromatic N) is 3. The molecule has 1 aliphatic rings. The molecule has 0 bridgehead atoms. The van der Waals surface area contributed by atoms with Crippen LogP contribution in [0, 0.1) is 5.41 Å². The van der Waals surface area contributed by atoms with Crippen molar-refractivity contribution in [3.63, 3.8) is 0 Å². The van der Waals surface area contributed by atoms with Gasteiger partial charge in [-0.3, -0.25) is 19.6 Å². The van der Waals surface area contributed by atoms with Gasteiger partial charge in [0.2, 0.25) is 5.78 Å². The van der Waals surface area contributed by atoms with Gasteiger partial charge in [0.1, 0.15) is 12.1 Å². The maximum Gasteiger partial charge on any atom is 0.328 e. The Labute approximate surface area is 224 Å². The molecular weight excluding hydrogens is 486 g/mol.